The monoisotopic (exact) mass is 492 g/mol. The van der Waals surface area contributed by atoms with Gasteiger partial charge >= 0.3 is 17.9 Å². The van der Waals surface area contributed by atoms with Gasteiger partial charge in [-0.15, -0.1) is 0 Å². The molecule has 1 aliphatic carbocycles. The van der Waals surface area contributed by atoms with Gasteiger partial charge in [-0.2, -0.15) is 0 Å². The van der Waals surface area contributed by atoms with Crippen LogP contribution in [0.25, 0.3) is 0 Å². The second-order valence-corrected chi connectivity index (χ2v) is 9.27. The molecule has 0 saturated heterocycles. The molecular formula is C26H36O9. The Morgan fingerprint density at radius 1 is 1.09 bits per heavy atom. The molecule has 35 heavy (non-hydrogen) atoms. The van der Waals surface area contributed by atoms with Gasteiger partial charge < -0.3 is 29.2 Å². The van der Waals surface area contributed by atoms with Crippen LogP contribution in [0, 0.1) is 11.8 Å². The topological polar surface area (TPSA) is 129 Å². The van der Waals surface area contributed by atoms with Gasteiger partial charge in [0.1, 0.15) is 6.10 Å². The minimum absolute atomic E-state index is 0.0293. The minimum atomic E-state index is -1.12. The molecule has 0 radical (unpaired) electrons. The van der Waals surface area contributed by atoms with Gasteiger partial charge in [0.05, 0.1) is 18.3 Å². The molecule has 1 heterocycles. The lowest BCUT2D eigenvalue weighted by Gasteiger charge is -2.41. The van der Waals surface area contributed by atoms with E-state index in [0.717, 1.165) is 5.57 Å². The van der Waals surface area contributed by atoms with Crippen molar-refractivity contribution < 1.29 is 43.5 Å². The lowest BCUT2D eigenvalue weighted by molar-refractivity contribution is -0.182. The van der Waals surface area contributed by atoms with Crippen molar-refractivity contribution in [1.82, 2.24) is 0 Å². The Labute approximate surface area is 206 Å². The van der Waals surface area contributed by atoms with E-state index in [1.165, 1.54) is 27.0 Å². The summed E-state index contributed by atoms with van der Waals surface area (Å²) in [6.07, 6.45) is -0.0457. The molecule has 2 rings (SSSR count). The summed E-state index contributed by atoms with van der Waals surface area (Å²) in [4.78, 5) is 35.8. The summed E-state index contributed by atoms with van der Waals surface area (Å²) in [5, 5.41) is 21.0. The lowest BCUT2D eigenvalue weighted by atomic mass is 9.74. The van der Waals surface area contributed by atoms with Crippen LogP contribution in [0.5, 0.6) is 0 Å². The van der Waals surface area contributed by atoms with Crippen LogP contribution in [0.15, 0.2) is 47.3 Å². The summed E-state index contributed by atoms with van der Waals surface area (Å²) in [5.41, 5.74) is 2.38. The molecule has 0 bridgehead atoms. The minimum Gasteiger partial charge on any atom is -0.462 e. The quantitative estimate of drug-likeness (QED) is 0.327. The van der Waals surface area contributed by atoms with Crippen molar-refractivity contribution in [2.45, 2.75) is 85.1 Å². The van der Waals surface area contributed by atoms with Gasteiger partial charge in [-0.25, -0.2) is 0 Å². The van der Waals surface area contributed by atoms with Crippen LogP contribution in [0.1, 0.15) is 54.4 Å². The Kier molecular flexibility index (Phi) is 9.85. The molecule has 9 heteroatoms. The van der Waals surface area contributed by atoms with E-state index >= 15 is 0 Å². The molecule has 0 aromatic rings. The average Bonchev–Trinajstić information content (AvgIpc) is 2.76. The van der Waals surface area contributed by atoms with Crippen molar-refractivity contribution in [3.05, 3.63) is 47.3 Å². The van der Waals surface area contributed by atoms with Crippen molar-refractivity contribution in [3.63, 3.8) is 0 Å². The van der Waals surface area contributed by atoms with E-state index in [9.17, 15) is 24.6 Å². The number of esters is 3. The summed E-state index contributed by atoms with van der Waals surface area (Å²) in [6, 6.07) is 0. The molecule has 194 valence electrons. The second-order valence-electron chi connectivity index (χ2n) is 9.27. The molecule has 7 atom stereocenters. The van der Waals surface area contributed by atoms with E-state index in [1.54, 1.807) is 19.1 Å². The van der Waals surface area contributed by atoms with E-state index in [0.29, 0.717) is 23.1 Å². The van der Waals surface area contributed by atoms with Gasteiger partial charge in [0, 0.05) is 32.3 Å². The third-order valence-electron chi connectivity index (χ3n) is 5.96. The summed E-state index contributed by atoms with van der Waals surface area (Å²) in [5.74, 6) is -2.82. The summed E-state index contributed by atoms with van der Waals surface area (Å²) < 4.78 is 22.4. The Balaban J connectivity index is 2.67. The highest BCUT2D eigenvalue weighted by Gasteiger charge is 2.46. The molecule has 0 amide bonds. The van der Waals surface area contributed by atoms with E-state index in [2.05, 4.69) is 6.58 Å². The molecule has 0 unspecified atom stereocenters. The Bertz CT molecular complexity index is 925. The maximum absolute atomic E-state index is 12.1. The number of rotatable bonds is 6. The first-order chi connectivity index (χ1) is 16.3. The molecule has 2 N–H and O–H groups in total. The molecule has 9 nitrogen and oxygen atoms in total. The smallest absolute Gasteiger partial charge is 0.305 e. The van der Waals surface area contributed by atoms with Crippen LogP contribution >= 0.6 is 0 Å². The molecule has 0 saturated carbocycles. The summed E-state index contributed by atoms with van der Waals surface area (Å²) in [6.45, 7) is 13.2. The first kappa shape index (κ1) is 28.3. The third kappa shape index (κ3) is 7.53. The van der Waals surface area contributed by atoms with Gasteiger partial charge in [-0.1, -0.05) is 23.8 Å². The number of hydrogen-bond acceptors (Lipinski definition) is 9. The van der Waals surface area contributed by atoms with E-state index in [4.69, 9.17) is 18.9 Å². The van der Waals surface area contributed by atoms with Crippen molar-refractivity contribution in [3.8, 4) is 0 Å². The van der Waals surface area contributed by atoms with Crippen molar-refractivity contribution in [1.29, 1.82) is 0 Å². The fraction of sp³-hybridized carbons (Fsp3) is 0.577. The number of fused-ring (bicyclic) bond motifs is 1. The van der Waals surface area contributed by atoms with Gasteiger partial charge in [-0.3, -0.25) is 14.4 Å². The number of aliphatic hydroxyl groups excluding tert-OH is 2. The molecule has 0 fully saturated rings. The maximum atomic E-state index is 12.1. The summed E-state index contributed by atoms with van der Waals surface area (Å²) in [7, 11) is 0. The average molecular weight is 493 g/mol. The van der Waals surface area contributed by atoms with E-state index in [-0.39, 0.29) is 6.42 Å². The third-order valence-corrected chi connectivity index (χ3v) is 5.96. The molecule has 2 aliphatic rings. The number of carbonyl (C=O) groups is 3. The standard InChI is InChI=1S/C26H36O9/c1-13(2)10-22(33-16(5)27)25(34-17(6)28)20-12-32-26(35-18(7)29)23-15(4)11-21(30)24(31)14(3)8-9-19(20)23/h8,10,12,19,21-26,30-31H,4,9,11H2,1-3,5-7H3/b14-8-/t19-,21-,22+,23+,24+,25-,26-/m0/s1. The van der Waals surface area contributed by atoms with Crippen LogP contribution in [0.2, 0.25) is 0 Å². The van der Waals surface area contributed by atoms with Crippen LogP contribution in [0.3, 0.4) is 0 Å². The van der Waals surface area contributed by atoms with Gasteiger partial charge in [-0.05, 0) is 45.3 Å². The summed E-state index contributed by atoms with van der Waals surface area (Å²) >= 11 is 0. The Hall–Kier alpha value is -2.91. The van der Waals surface area contributed by atoms with E-state index < -0.39 is 60.4 Å². The first-order valence-electron chi connectivity index (χ1n) is 11.5. The molecule has 0 aromatic heterocycles. The predicted molar refractivity (Wildman–Crippen MR) is 126 cm³/mol. The van der Waals surface area contributed by atoms with Crippen LogP contribution in [-0.2, 0) is 33.3 Å². The van der Waals surface area contributed by atoms with Crippen molar-refractivity contribution in [2.75, 3.05) is 0 Å². The fourth-order valence-corrected chi connectivity index (χ4v) is 4.48. The van der Waals surface area contributed by atoms with Crippen LogP contribution in [-0.4, -0.2) is 58.8 Å². The highest BCUT2D eigenvalue weighted by atomic mass is 16.7. The lowest BCUT2D eigenvalue weighted by Crippen LogP contribution is -2.45. The predicted octanol–water partition coefficient (Wildman–Crippen LogP) is 2.87. The Morgan fingerprint density at radius 3 is 2.26 bits per heavy atom. The number of carbonyl (C=O) groups excluding carboxylic acids is 3. The van der Waals surface area contributed by atoms with Gasteiger partial charge in [0.15, 0.2) is 12.2 Å². The fourth-order valence-electron chi connectivity index (χ4n) is 4.48. The number of hydrogen-bond donors (Lipinski definition) is 2. The highest BCUT2D eigenvalue weighted by molar-refractivity contribution is 5.68. The second kappa shape index (κ2) is 12.2. The van der Waals surface area contributed by atoms with Crippen molar-refractivity contribution in [2.24, 2.45) is 11.8 Å². The zero-order chi connectivity index (χ0) is 26.4. The van der Waals surface area contributed by atoms with Gasteiger partial charge in [0.2, 0.25) is 6.29 Å². The maximum Gasteiger partial charge on any atom is 0.305 e. The largest absolute Gasteiger partial charge is 0.462 e. The van der Waals surface area contributed by atoms with Crippen LogP contribution < -0.4 is 0 Å². The molecular weight excluding hydrogens is 456 g/mol. The van der Waals surface area contributed by atoms with Crippen LogP contribution in [0.4, 0.5) is 0 Å². The number of ether oxygens (including phenoxy) is 4. The zero-order valence-electron chi connectivity index (χ0n) is 21.1. The first-order valence-corrected chi connectivity index (χ1v) is 11.5. The normalized spacial score (nSPS) is 29.7. The highest BCUT2D eigenvalue weighted by Crippen LogP contribution is 2.43. The molecule has 1 aliphatic heterocycles. The number of allylic oxidation sites excluding steroid dienone is 2. The SMILES string of the molecule is C=C1C[C@H](O)[C@H](O)/C(C)=C\C[C@H]2C([C@H](OC(C)=O)[C@@H](C=C(C)C)OC(C)=O)=CO[C@@H](OC(C)=O)[C@H]12. The van der Waals surface area contributed by atoms with Gasteiger partial charge in [0.25, 0.3) is 0 Å². The zero-order valence-corrected chi connectivity index (χ0v) is 21.1. The van der Waals surface area contributed by atoms with Crippen molar-refractivity contribution >= 4 is 17.9 Å². The van der Waals surface area contributed by atoms with E-state index in [1.807, 2.05) is 13.8 Å². The molecule has 0 aromatic carbocycles. The Morgan fingerprint density at radius 2 is 1.71 bits per heavy atom. The molecule has 0 spiro atoms. The number of aliphatic hydroxyl groups is 2.